The number of carbonyl (C=O) groups excluding carboxylic acids is 1. The Kier molecular flexibility index (Phi) is 5.63. The average Bonchev–Trinajstić information content (AvgIpc) is 2.96. The van der Waals surface area contributed by atoms with E-state index in [1.165, 1.54) is 6.08 Å². The van der Waals surface area contributed by atoms with E-state index in [1.807, 2.05) is 18.2 Å². The number of nitrogens with two attached hydrogens (primary N) is 1. The van der Waals surface area contributed by atoms with Gasteiger partial charge < -0.3 is 20.5 Å². The molecular formula is C16H22N2O3. The van der Waals surface area contributed by atoms with Crippen molar-refractivity contribution in [2.45, 2.75) is 32.2 Å². The van der Waals surface area contributed by atoms with E-state index >= 15 is 0 Å². The van der Waals surface area contributed by atoms with Crippen molar-refractivity contribution < 1.29 is 14.3 Å². The van der Waals surface area contributed by atoms with E-state index in [9.17, 15) is 4.79 Å². The maximum Gasteiger partial charge on any atom is 0.244 e. The number of benzene rings is 1. The largest absolute Gasteiger partial charge is 0.454 e. The van der Waals surface area contributed by atoms with E-state index < -0.39 is 0 Å². The third-order valence-electron chi connectivity index (χ3n) is 3.36. The standard InChI is InChI=1S/C16H22N2O3/c1-2-3-4-13(10-17)18-16(19)8-6-12-5-7-14-15(9-12)21-11-20-14/h5-9,13H,2-4,10-11,17H2,1H3,(H,18,19)/b8-6+. The van der Waals surface area contributed by atoms with Gasteiger partial charge in [-0.25, -0.2) is 0 Å². The summed E-state index contributed by atoms with van der Waals surface area (Å²) in [6, 6.07) is 5.61. The molecular weight excluding hydrogens is 268 g/mol. The molecule has 0 aliphatic carbocycles. The summed E-state index contributed by atoms with van der Waals surface area (Å²) in [6.45, 7) is 2.83. The lowest BCUT2D eigenvalue weighted by molar-refractivity contribution is -0.117. The highest BCUT2D eigenvalue weighted by atomic mass is 16.7. The number of unbranched alkanes of at least 4 members (excludes halogenated alkanes) is 1. The molecule has 1 unspecified atom stereocenters. The summed E-state index contributed by atoms with van der Waals surface area (Å²) in [6.07, 6.45) is 6.35. The molecule has 3 N–H and O–H groups in total. The zero-order chi connectivity index (χ0) is 15.1. The van der Waals surface area contributed by atoms with Crippen molar-refractivity contribution in [3.05, 3.63) is 29.8 Å². The van der Waals surface area contributed by atoms with E-state index in [2.05, 4.69) is 12.2 Å². The van der Waals surface area contributed by atoms with Gasteiger partial charge in [0.2, 0.25) is 12.7 Å². The fraction of sp³-hybridized carbons (Fsp3) is 0.438. The van der Waals surface area contributed by atoms with Crippen molar-refractivity contribution in [1.82, 2.24) is 5.32 Å². The molecule has 1 aromatic rings. The zero-order valence-corrected chi connectivity index (χ0v) is 12.3. The van der Waals surface area contributed by atoms with Crippen LogP contribution in [0.4, 0.5) is 0 Å². The molecule has 0 spiro atoms. The molecule has 0 bridgehead atoms. The van der Waals surface area contributed by atoms with Gasteiger partial charge in [0, 0.05) is 18.7 Å². The first-order valence-corrected chi connectivity index (χ1v) is 7.31. The Morgan fingerprint density at radius 2 is 2.24 bits per heavy atom. The fourth-order valence-corrected chi connectivity index (χ4v) is 2.14. The molecule has 0 fully saturated rings. The monoisotopic (exact) mass is 290 g/mol. The van der Waals surface area contributed by atoms with Crippen molar-refractivity contribution >= 4 is 12.0 Å². The van der Waals surface area contributed by atoms with Gasteiger partial charge in [-0.05, 0) is 30.2 Å². The van der Waals surface area contributed by atoms with Crippen molar-refractivity contribution in [3.63, 3.8) is 0 Å². The second-order valence-corrected chi connectivity index (χ2v) is 5.03. The topological polar surface area (TPSA) is 73.6 Å². The molecule has 1 amide bonds. The molecule has 0 saturated carbocycles. The first-order chi connectivity index (χ1) is 10.2. The number of hydrogen-bond donors (Lipinski definition) is 2. The van der Waals surface area contributed by atoms with Gasteiger partial charge in [0.05, 0.1) is 0 Å². The van der Waals surface area contributed by atoms with Crippen molar-refractivity contribution in [1.29, 1.82) is 0 Å². The van der Waals surface area contributed by atoms with Gasteiger partial charge in [-0.3, -0.25) is 4.79 Å². The smallest absolute Gasteiger partial charge is 0.244 e. The minimum absolute atomic E-state index is 0.0406. The van der Waals surface area contributed by atoms with E-state index in [0.717, 1.165) is 30.6 Å². The Labute approximate surface area is 125 Å². The van der Waals surface area contributed by atoms with Crippen LogP contribution >= 0.6 is 0 Å². The van der Waals surface area contributed by atoms with E-state index in [-0.39, 0.29) is 18.7 Å². The Morgan fingerprint density at radius 3 is 3.00 bits per heavy atom. The van der Waals surface area contributed by atoms with Crippen LogP contribution in [0.25, 0.3) is 6.08 Å². The quantitative estimate of drug-likeness (QED) is 0.754. The van der Waals surface area contributed by atoms with Crippen molar-refractivity contribution in [3.8, 4) is 11.5 Å². The minimum atomic E-state index is -0.126. The lowest BCUT2D eigenvalue weighted by Gasteiger charge is -2.14. The predicted octanol–water partition coefficient (Wildman–Crippen LogP) is 2.06. The van der Waals surface area contributed by atoms with Crippen LogP contribution in [0.1, 0.15) is 31.7 Å². The fourth-order valence-electron chi connectivity index (χ4n) is 2.14. The molecule has 0 saturated heterocycles. The molecule has 1 aliphatic heterocycles. The summed E-state index contributed by atoms with van der Waals surface area (Å²) >= 11 is 0. The summed E-state index contributed by atoms with van der Waals surface area (Å²) in [4.78, 5) is 11.9. The lowest BCUT2D eigenvalue weighted by atomic mass is 10.1. The van der Waals surface area contributed by atoms with Crippen LogP contribution < -0.4 is 20.5 Å². The maximum absolute atomic E-state index is 11.9. The molecule has 5 heteroatoms. The minimum Gasteiger partial charge on any atom is -0.454 e. The second kappa shape index (κ2) is 7.69. The normalized spacial score (nSPS) is 14.4. The molecule has 1 aromatic carbocycles. The van der Waals surface area contributed by atoms with Gasteiger partial charge in [-0.15, -0.1) is 0 Å². The predicted molar refractivity (Wildman–Crippen MR) is 82.1 cm³/mol. The van der Waals surface area contributed by atoms with Crippen LogP contribution in [0, 0.1) is 0 Å². The molecule has 0 radical (unpaired) electrons. The number of amides is 1. The Bertz CT molecular complexity index is 514. The van der Waals surface area contributed by atoms with Crippen LogP contribution in [0.15, 0.2) is 24.3 Å². The van der Waals surface area contributed by atoms with E-state index in [4.69, 9.17) is 15.2 Å². The number of nitrogens with one attached hydrogen (secondary N) is 1. The first-order valence-electron chi connectivity index (χ1n) is 7.31. The number of carbonyl (C=O) groups is 1. The zero-order valence-electron chi connectivity index (χ0n) is 12.3. The molecule has 5 nitrogen and oxygen atoms in total. The number of rotatable bonds is 7. The van der Waals surface area contributed by atoms with E-state index in [0.29, 0.717) is 12.3 Å². The van der Waals surface area contributed by atoms with Crippen molar-refractivity contribution in [2.24, 2.45) is 5.73 Å². The molecule has 1 heterocycles. The van der Waals surface area contributed by atoms with Gasteiger partial charge in [0.25, 0.3) is 0 Å². The van der Waals surface area contributed by atoms with Gasteiger partial charge >= 0.3 is 0 Å². The summed E-state index contributed by atoms with van der Waals surface area (Å²) in [5.41, 5.74) is 6.56. The number of hydrogen-bond acceptors (Lipinski definition) is 4. The van der Waals surface area contributed by atoms with Crippen molar-refractivity contribution in [2.75, 3.05) is 13.3 Å². The highest BCUT2D eigenvalue weighted by molar-refractivity contribution is 5.92. The van der Waals surface area contributed by atoms with Gasteiger partial charge in [0.1, 0.15) is 0 Å². The average molecular weight is 290 g/mol. The summed E-state index contributed by atoms with van der Waals surface area (Å²) in [5.74, 6) is 1.32. The molecule has 114 valence electrons. The lowest BCUT2D eigenvalue weighted by Crippen LogP contribution is -2.39. The summed E-state index contributed by atoms with van der Waals surface area (Å²) in [7, 11) is 0. The Morgan fingerprint density at radius 1 is 1.43 bits per heavy atom. The molecule has 0 aromatic heterocycles. The highest BCUT2D eigenvalue weighted by Gasteiger charge is 2.12. The Balaban J connectivity index is 1.89. The summed E-state index contributed by atoms with van der Waals surface area (Å²) < 4.78 is 10.5. The van der Waals surface area contributed by atoms with Crippen LogP contribution in [-0.4, -0.2) is 25.3 Å². The van der Waals surface area contributed by atoms with Crippen LogP contribution in [-0.2, 0) is 4.79 Å². The van der Waals surface area contributed by atoms with E-state index in [1.54, 1.807) is 6.08 Å². The van der Waals surface area contributed by atoms with Crippen LogP contribution in [0.3, 0.4) is 0 Å². The molecule has 1 aliphatic rings. The van der Waals surface area contributed by atoms with Gasteiger partial charge in [0.15, 0.2) is 11.5 Å². The maximum atomic E-state index is 11.9. The summed E-state index contributed by atoms with van der Waals surface area (Å²) in [5, 5.41) is 2.92. The van der Waals surface area contributed by atoms with Crippen LogP contribution in [0.5, 0.6) is 11.5 Å². The highest BCUT2D eigenvalue weighted by Crippen LogP contribution is 2.32. The SMILES string of the molecule is CCCCC(CN)NC(=O)/C=C/c1ccc2c(c1)OCO2. The molecule has 1 atom stereocenters. The third-order valence-corrected chi connectivity index (χ3v) is 3.36. The Hall–Kier alpha value is -2.01. The number of ether oxygens (including phenoxy) is 2. The second-order valence-electron chi connectivity index (χ2n) is 5.03. The number of fused-ring (bicyclic) bond motifs is 1. The van der Waals surface area contributed by atoms with Gasteiger partial charge in [-0.1, -0.05) is 25.8 Å². The van der Waals surface area contributed by atoms with Crippen LogP contribution in [0.2, 0.25) is 0 Å². The molecule has 21 heavy (non-hydrogen) atoms. The van der Waals surface area contributed by atoms with Gasteiger partial charge in [-0.2, -0.15) is 0 Å². The molecule has 2 rings (SSSR count). The first kappa shape index (κ1) is 15.4. The third kappa shape index (κ3) is 4.49.